The largest absolute Gasteiger partial charge is 0.348 e. The second-order valence-electron chi connectivity index (χ2n) is 5.93. The zero-order valence-electron chi connectivity index (χ0n) is 13.1. The van der Waals surface area contributed by atoms with Crippen LogP contribution in [0.15, 0.2) is 53.4 Å². The van der Waals surface area contributed by atoms with Crippen molar-refractivity contribution in [1.82, 2.24) is 4.90 Å². The zero-order valence-corrected chi connectivity index (χ0v) is 13.9. The maximum Gasteiger partial charge on any atom is 0.240 e. The number of carbonyl (C=O) groups is 1. The fourth-order valence-corrected chi connectivity index (χ4v) is 4.11. The molecule has 0 saturated heterocycles. The number of thioether (sulfide) groups is 1. The Morgan fingerprint density at radius 2 is 1.77 bits per heavy atom. The van der Waals surface area contributed by atoms with Crippen molar-refractivity contribution in [1.29, 1.82) is 0 Å². The molecular formula is C19H21NOS. The average Bonchev–Trinajstić information content (AvgIpc) is 3.00. The number of likely N-dealkylation sites (N-methyl/N-ethyl adjacent to an activating group) is 1. The van der Waals surface area contributed by atoms with Crippen molar-refractivity contribution in [2.45, 2.75) is 29.4 Å². The number of carbonyl (C=O) groups excluding carboxylic acids is 1. The van der Waals surface area contributed by atoms with Gasteiger partial charge in [0, 0.05) is 19.0 Å². The third-order valence-electron chi connectivity index (χ3n) is 4.09. The summed E-state index contributed by atoms with van der Waals surface area (Å²) in [5.74, 6) is 0.136. The topological polar surface area (TPSA) is 20.3 Å². The first-order valence-corrected chi connectivity index (χ1v) is 8.57. The third-order valence-corrected chi connectivity index (χ3v) is 5.33. The lowest BCUT2D eigenvalue weighted by molar-refractivity contribution is -0.128. The number of hydrogen-bond acceptors (Lipinski definition) is 2. The van der Waals surface area contributed by atoms with Gasteiger partial charge in [-0.1, -0.05) is 36.4 Å². The summed E-state index contributed by atoms with van der Waals surface area (Å²) in [5.41, 5.74) is 3.99. The number of rotatable bonds is 4. The van der Waals surface area contributed by atoms with E-state index in [4.69, 9.17) is 0 Å². The molecule has 0 heterocycles. The Labute approximate surface area is 136 Å². The molecule has 1 aliphatic rings. The van der Waals surface area contributed by atoms with Crippen LogP contribution < -0.4 is 0 Å². The van der Waals surface area contributed by atoms with Gasteiger partial charge in [0.25, 0.3) is 0 Å². The number of nitrogens with zero attached hydrogens (tertiary/aromatic N) is 1. The molecule has 1 aliphatic carbocycles. The van der Waals surface area contributed by atoms with Crippen LogP contribution in [0.2, 0.25) is 0 Å². The molecule has 1 atom stereocenters. The van der Waals surface area contributed by atoms with Gasteiger partial charge in [-0.2, -0.15) is 0 Å². The standard InChI is InChI=1S/C19H21NOS/c1-20(2)19(21)18(15-7-4-3-5-8-15)22-17-12-11-14-9-6-10-16(14)13-17/h3-5,7-8,11-13,18H,6,9-10H2,1-2H3/t18-/m1/s1. The Morgan fingerprint density at radius 1 is 1.05 bits per heavy atom. The molecule has 0 unspecified atom stereocenters. The molecule has 114 valence electrons. The smallest absolute Gasteiger partial charge is 0.240 e. The zero-order chi connectivity index (χ0) is 15.5. The average molecular weight is 311 g/mol. The quantitative estimate of drug-likeness (QED) is 0.792. The molecule has 2 aromatic rings. The van der Waals surface area contributed by atoms with E-state index in [2.05, 4.69) is 18.2 Å². The van der Waals surface area contributed by atoms with Crippen LogP contribution in [0, 0.1) is 0 Å². The molecule has 0 bridgehead atoms. The highest BCUT2D eigenvalue weighted by Crippen LogP contribution is 2.38. The minimum atomic E-state index is -0.185. The highest BCUT2D eigenvalue weighted by molar-refractivity contribution is 8.00. The maximum atomic E-state index is 12.6. The molecule has 22 heavy (non-hydrogen) atoms. The van der Waals surface area contributed by atoms with Crippen molar-refractivity contribution in [2.24, 2.45) is 0 Å². The second kappa shape index (κ2) is 6.57. The predicted octanol–water partition coefficient (Wildman–Crippen LogP) is 4.10. The molecule has 3 heteroatoms. The summed E-state index contributed by atoms with van der Waals surface area (Å²) in [6.07, 6.45) is 3.61. The summed E-state index contributed by atoms with van der Waals surface area (Å²) < 4.78 is 0. The summed E-state index contributed by atoms with van der Waals surface area (Å²) in [6.45, 7) is 0. The van der Waals surface area contributed by atoms with Gasteiger partial charge in [0.15, 0.2) is 0 Å². The summed E-state index contributed by atoms with van der Waals surface area (Å²) >= 11 is 1.65. The van der Waals surface area contributed by atoms with E-state index in [0.29, 0.717) is 0 Å². The number of benzene rings is 2. The van der Waals surface area contributed by atoms with Crippen molar-refractivity contribution in [3.05, 3.63) is 65.2 Å². The minimum absolute atomic E-state index is 0.136. The molecule has 2 aromatic carbocycles. The van der Waals surface area contributed by atoms with Gasteiger partial charge in [-0.25, -0.2) is 0 Å². The van der Waals surface area contributed by atoms with Gasteiger partial charge >= 0.3 is 0 Å². The summed E-state index contributed by atoms with van der Waals surface area (Å²) in [4.78, 5) is 15.5. The molecule has 0 fully saturated rings. The molecule has 1 amide bonds. The van der Waals surface area contributed by atoms with Gasteiger partial charge < -0.3 is 4.90 Å². The Morgan fingerprint density at radius 3 is 2.50 bits per heavy atom. The van der Waals surface area contributed by atoms with E-state index in [1.54, 1.807) is 16.7 Å². The van der Waals surface area contributed by atoms with Crippen LogP contribution in [0.1, 0.15) is 28.4 Å². The van der Waals surface area contributed by atoms with Crippen molar-refractivity contribution in [2.75, 3.05) is 14.1 Å². The van der Waals surface area contributed by atoms with Gasteiger partial charge in [0.05, 0.1) is 0 Å². The van der Waals surface area contributed by atoms with E-state index in [1.807, 2.05) is 44.4 Å². The van der Waals surface area contributed by atoms with Crippen LogP contribution in [0.5, 0.6) is 0 Å². The molecule has 2 nitrogen and oxygen atoms in total. The van der Waals surface area contributed by atoms with Crippen LogP contribution in [-0.2, 0) is 17.6 Å². The monoisotopic (exact) mass is 311 g/mol. The van der Waals surface area contributed by atoms with Crippen molar-refractivity contribution in [3.8, 4) is 0 Å². The highest BCUT2D eigenvalue weighted by atomic mass is 32.2. The second-order valence-corrected chi connectivity index (χ2v) is 7.10. The van der Waals surface area contributed by atoms with E-state index < -0.39 is 0 Å². The normalized spacial score (nSPS) is 14.5. The van der Waals surface area contributed by atoms with E-state index in [0.717, 1.165) is 5.56 Å². The summed E-state index contributed by atoms with van der Waals surface area (Å²) in [6, 6.07) is 16.7. The number of amides is 1. The number of aryl methyl sites for hydroxylation is 2. The Kier molecular flexibility index (Phi) is 4.53. The van der Waals surface area contributed by atoms with Gasteiger partial charge in [0.2, 0.25) is 5.91 Å². The van der Waals surface area contributed by atoms with Crippen LogP contribution in [0.25, 0.3) is 0 Å². The van der Waals surface area contributed by atoms with E-state index in [9.17, 15) is 4.79 Å². The third kappa shape index (κ3) is 3.20. The fourth-order valence-electron chi connectivity index (χ4n) is 2.88. The van der Waals surface area contributed by atoms with Gasteiger partial charge in [-0.15, -0.1) is 11.8 Å². The molecule has 0 N–H and O–H groups in total. The lowest BCUT2D eigenvalue weighted by Crippen LogP contribution is -2.26. The molecule has 0 radical (unpaired) electrons. The van der Waals surface area contributed by atoms with E-state index in [1.165, 1.54) is 35.3 Å². The minimum Gasteiger partial charge on any atom is -0.348 e. The lowest BCUT2D eigenvalue weighted by Gasteiger charge is -2.21. The fraction of sp³-hybridized carbons (Fsp3) is 0.316. The van der Waals surface area contributed by atoms with E-state index >= 15 is 0 Å². The van der Waals surface area contributed by atoms with Crippen molar-refractivity contribution >= 4 is 17.7 Å². The molecular weight excluding hydrogens is 290 g/mol. The maximum absolute atomic E-state index is 12.6. The van der Waals surface area contributed by atoms with Crippen LogP contribution in [0.4, 0.5) is 0 Å². The molecule has 3 rings (SSSR count). The van der Waals surface area contributed by atoms with Crippen molar-refractivity contribution in [3.63, 3.8) is 0 Å². The van der Waals surface area contributed by atoms with Crippen molar-refractivity contribution < 1.29 is 4.79 Å². The number of hydrogen-bond donors (Lipinski definition) is 0. The Bertz CT molecular complexity index is 666. The van der Waals surface area contributed by atoms with Gasteiger partial charge in [0.1, 0.15) is 5.25 Å². The Balaban J connectivity index is 1.88. The first kappa shape index (κ1) is 15.2. The van der Waals surface area contributed by atoms with Crippen LogP contribution in [0.3, 0.4) is 0 Å². The molecule has 0 aromatic heterocycles. The molecule has 0 spiro atoms. The van der Waals surface area contributed by atoms with Crippen LogP contribution >= 0.6 is 11.8 Å². The highest BCUT2D eigenvalue weighted by Gasteiger charge is 2.24. The first-order valence-electron chi connectivity index (χ1n) is 7.70. The molecule has 0 aliphatic heterocycles. The lowest BCUT2D eigenvalue weighted by atomic mass is 10.1. The SMILES string of the molecule is CN(C)C(=O)[C@H](Sc1ccc2c(c1)CCC2)c1ccccc1. The van der Waals surface area contributed by atoms with Crippen LogP contribution in [-0.4, -0.2) is 24.9 Å². The van der Waals surface area contributed by atoms with E-state index in [-0.39, 0.29) is 11.2 Å². The number of fused-ring (bicyclic) bond motifs is 1. The predicted molar refractivity (Wildman–Crippen MR) is 92.2 cm³/mol. The Hall–Kier alpha value is -1.74. The first-order chi connectivity index (χ1) is 10.6. The van der Waals surface area contributed by atoms with Gasteiger partial charge in [-0.3, -0.25) is 4.79 Å². The van der Waals surface area contributed by atoms with Gasteiger partial charge in [-0.05, 0) is 48.1 Å². The summed E-state index contributed by atoms with van der Waals surface area (Å²) in [7, 11) is 3.64. The molecule has 0 saturated carbocycles. The summed E-state index contributed by atoms with van der Waals surface area (Å²) in [5, 5.41) is -0.185.